The van der Waals surface area contributed by atoms with E-state index in [1.165, 1.54) is 11.4 Å². The molecule has 0 saturated carbocycles. The zero-order chi connectivity index (χ0) is 22.6. The topological polar surface area (TPSA) is 92.1 Å². The van der Waals surface area contributed by atoms with Crippen molar-refractivity contribution in [1.82, 2.24) is 14.5 Å². The number of benzene rings is 1. The van der Waals surface area contributed by atoms with Crippen LogP contribution >= 0.6 is 0 Å². The van der Waals surface area contributed by atoms with Crippen molar-refractivity contribution in [3.8, 4) is 5.75 Å². The Balaban J connectivity index is 1.39. The van der Waals surface area contributed by atoms with Crippen LogP contribution in [0.2, 0.25) is 0 Å². The molecular formula is C23H31N3O5S. The molecule has 2 aliphatic rings. The molecule has 0 unspecified atom stereocenters. The maximum absolute atomic E-state index is 13.1. The van der Waals surface area contributed by atoms with Crippen LogP contribution < -0.4 is 10.1 Å². The van der Waals surface area contributed by atoms with Gasteiger partial charge in [-0.25, -0.2) is 8.42 Å². The summed E-state index contributed by atoms with van der Waals surface area (Å²) < 4.78 is 38.3. The van der Waals surface area contributed by atoms with Crippen molar-refractivity contribution in [2.45, 2.75) is 36.6 Å². The summed E-state index contributed by atoms with van der Waals surface area (Å²) in [6, 6.07) is 10.2. The number of carbonyl (C=O) groups is 1. The lowest BCUT2D eigenvalue weighted by Gasteiger charge is -2.32. The van der Waals surface area contributed by atoms with E-state index in [1.807, 2.05) is 12.1 Å². The van der Waals surface area contributed by atoms with Crippen LogP contribution in [-0.2, 0) is 14.8 Å². The fourth-order valence-corrected chi connectivity index (χ4v) is 6.08. The average Bonchev–Trinajstić information content (AvgIpc) is 3.54. The quantitative estimate of drug-likeness (QED) is 0.650. The van der Waals surface area contributed by atoms with Gasteiger partial charge >= 0.3 is 0 Å². The molecule has 2 fully saturated rings. The molecule has 3 heterocycles. The first-order valence-electron chi connectivity index (χ1n) is 11.2. The van der Waals surface area contributed by atoms with E-state index in [2.05, 4.69) is 10.2 Å². The Kier molecular flexibility index (Phi) is 7.17. The predicted octanol–water partition coefficient (Wildman–Crippen LogP) is 2.64. The summed E-state index contributed by atoms with van der Waals surface area (Å²) in [5.41, 5.74) is 0. The zero-order valence-corrected chi connectivity index (χ0v) is 19.2. The third-order valence-corrected chi connectivity index (χ3v) is 8.25. The van der Waals surface area contributed by atoms with Crippen LogP contribution in [0.25, 0.3) is 0 Å². The van der Waals surface area contributed by atoms with Gasteiger partial charge in [-0.05, 0) is 75.2 Å². The first-order chi connectivity index (χ1) is 15.5. The van der Waals surface area contributed by atoms with E-state index in [4.69, 9.17) is 9.15 Å². The van der Waals surface area contributed by atoms with Crippen LogP contribution in [0.3, 0.4) is 0 Å². The van der Waals surface area contributed by atoms with Crippen molar-refractivity contribution in [1.29, 1.82) is 0 Å². The number of furan rings is 1. The number of ether oxygens (including phenoxy) is 1. The largest absolute Gasteiger partial charge is 0.497 e. The first-order valence-corrected chi connectivity index (χ1v) is 12.6. The van der Waals surface area contributed by atoms with Crippen LogP contribution in [0.4, 0.5) is 0 Å². The van der Waals surface area contributed by atoms with Crippen molar-refractivity contribution in [3.63, 3.8) is 0 Å². The molecule has 0 radical (unpaired) electrons. The van der Waals surface area contributed by atoms with E-state index < -0.39 is 10.0 Å². The van der Waals surface area contributed by atoms with Crippen molar-refractivity contribution >= 4 is 15.9 Å². The summed E-state index contributed by atoms with van der Waals surface area (Å²) in [6.45, 7) is 3.03. The van der Waals surface area contributed by atoms with Gasteiger partial charge in [0.15, 0.2) is 0 Å². The van der Waals surface area contributed by atoms with Gasteiger partial charge in [-0.2, -0.15) is 4.31 Å². The summed E-state index contributed by atoms with van der Waals surface area (Å²) in [4.78, 5) is 15.5. The molecule has 2 atom stereocenters. The summed E-state index contributed by atoms with van der Waals surface area (Å²) in [5.74, 6) is 0.978. The maximum atomic E-state index is 13.1. The van der Waals surface area contributed by atoms with E-state index in [0.717, 1.165) is 31.7 Å². The fraction of sp³-hybridized carbons (Fsp3) is 0.522. The van der Waals surface area contributed by atoms with Gasteiger partial charge in [0.05, 0.1) is 30.2 Å². The molecule has 9 heteroatoms. The average molecular weight is 462 g/mol. The second-order valence-corrected chi connectivity index (χ2v) is 10.3. The Morgan fingerprint density at radius 2 is 1.91 bits per heavy atom. The highest BCUT2D eigenvalue weighted by Crippen LogP contribution is 2.27. The first kappa shape index (κ1) is 22.8. The molecule has 1 aromatic heterocycles. The number of nitrogens with zero attached hydrogens (tertiary/aromatic N) is 2. The summed E-state index contributed by atoms with van der Waals surface area (Å²) in [6.07, 6.45) is 5.28. The number of hydrogen-bond acceptors (Lipinski definition) is 6. The van der Waals surface area contributed by atoms with Crippen LogP contribution in [0.1, 0.15) is 37.5 Å². The summed E-state index contributed by atoms with van der Waals surface area (Å²) in [5, 5.41) is 3.07. The van der Waals surface area contributed by atoms with Gasteiger partial charge in [0.2, 0.25) is 15.9 Å². The SMILES string of the molecule is COc1ccc(S(=O)(=O)N2CCC[C@H](C(=O)NC[C@@H](c3ccco3)N3CCCC3)C2)cc1. The number of amides is 1. The monoisotopic (exact) mass is 461 g/mol. The summed E-state index contributed by atoms with van der Waals surface area (Å²) >= 11 is 0. The smallest absolute Gasteiger partial charge is 0.243 e. The number of carbonyl (C=O) groups excluding carboxylic acids is 1. The molecule has 2 aliphatic heterocycles. The predicted molar refractivity (Wildman–Crippen MR) is 120 cm³/mol. The van der Waals surface area contributed by atoms with Crippen molar-refractivity contribution in [2.75, 3.05) is 39.8 Å². The molecule has 4 rings (SSSR count). The molecular weight excluding hydrogens is 430 g/mol. The van der Waals surface area contributed by atoms with Gasteiger partial charge in [0, 0.05) is 19.6 Å². The minimum Gasteiger partial charge on any atom is -0.497 e. The van der Waals surface area contributed by atoms with Gasteiger partial charge in [-0.15, -0.1) is 0 Å². The van der Waals surface area contributed by atoms with Crippen LogP contribution in [0.5, 0.6) is 5.75 Å². The second-order valence-electron chi connectivity index (χ2n) is 8.40. The molecule has 8 nitrogen and oxygen atoms in total. The number of methoxy groups -OCH3 is 1. The Hall–Kier alpha value is -2.36. The molecule has 32 heavy (non-hydrogen) atoms. The molecule has 2 saturated heterocycles. The number of nitrogens with one attached hydrogen (secondary N) is 1. The van der Waals surface area contributed by atoms with E-state index in [1.54, 1.807) is 30.5 Å². The van der Waals surface area contributed by atoms with Crippen molar-refractivity contribution in [3.05, 3.63) is 48.4 Å². The Morgan fingerprint density at radius 1 is 1.16 bits per heavy atom. The molecule has 2 aromatic rings. The second kappa shape index (κ2) is 10.1. The van der Waals surface area contributed by atoms with Crippen LogP contribution in [-0.4, -0.2) is 63.4 Å². The lowest BCUT2D eigenvalue weighted by atomic mass is 9.98. The molecule has 1 aromatic carbocycles. The van der Waals surface area contributed by atoms with Gasteiger partial charge in [-0.3, -0.25) is 9.69 Å². The number of hydrogen-bond donors (Lipinski definition) is 1. The maximum Gasteiger partial charge on any atom is 0.243 e. The van der Waals surface area contributed by atoms with E-state index >= 15 is 0 Å². The normalized spacial score (nSPS) is 21.3. The minimum absolute atomic E-state index is 0.000764. The molecule has 0 bridgehead atoms. The van der Waals surface area contributed by atoms with Gasteiger partial charge < -0.3 is 14.5 Å². The fourth-order valence-electron chi connectivity index (χ4n) is 4.56. The standard InChI is InChI=1S/C23H31N3O5S/c1-30-19-8-10-20(11-9-19)32(28,29)26-14-4-6-18(17-26)23(27)24-16-21(22-7-5-15-31-22)25-12-2-3-13-25/h5,7-11,15,18,21H,2-4,6,12-14,16-17H2,1H3,(H,24,27)/t18-,21-/m0/s1. The van der Waals surface area contributed by atoms with E-state index in [-0.39, 0.29) is 29.3 Å². The van der Waals surface area contributed by atoms with E-state index in [0.29, 0.717) is 31.7 Å². The van der Waals surface area contributed by atoms with Gasteiger partial charge in [0.25, 0.3) is 0 Å². The highest BCUT2D eigenvalue weighted by molar-refractivity contribution is 7.89. The third-order valence-electron chi connectivity index (χ3n) is 6.37. The van der Waals surface area contributed by atoms with Crippen molar-refractivity contribution < 1.29 is 22.4 Å². The number of piperidine rings is 1. The zero-order valence-electron chi connectivity index (χ0n) is 18.4. The molecule has 1 N–H and O–H groups in total. The molecule has 174 valence electrons. The highest BCUT2D eigenvalue weighted by Gasteiger charge is 2.34. The highest BCUT2D eigenvalue weighted by atomic mass is 32.2. The Bertz CT molecular complexity index is 985. The number of sulfonamides is 1. The third kappa shape index (κ3) is 5.00. The van der Waals surface area contributed by atoms with Crippen LogP contribution in [0, 0.1) is 5.92 Å². The molecule has 1 amide bonds. The van der Waals surface area contributed by atoms with Crippen LogP contribution in [0.15, 0.2) is 52.0 Å². The minimum atomic E-state index is -3.66. The summed E-state index contributed by atoms with van der Waals surface area (Å²) in [7, 11) is -2.12. The Labute approximate surface area is 189 Å². The lowest BCUT2D eigenvalue weighted by Crippen LogP contribution is -2.46. The van der Waals surface area contributed by atoms with Gasteiger partial charge in [0.1, 0.15) is 11.5 Å². The molecule has 0 spiro atoms. The van der Waals surface area contributed by atoms with E-state index in [9.17, 15) is 13.2 Å². The number of likely N-dealkylation sites (tertiary alicyclic amines) is 1. The van der Waals surface area contributed by atoms with Crippen molar-refractivity contribution in [2.24, 2.45) is 5.92 Å². The lowest BCUT2D eigenvalue weighted by molar-refractivity contribution is -0.126. The molecule has 0 aliphatic carbocycles. The Morgan fingerprint density at radius 3 is 2.56 bits per heavy atom. The number of rotatable bonds is 8. The van der Waals surface area contributed by atoms with Gasteiger partial charge in [-0.1, -0.05) is 0 Å².